The molecule has 4 saturated carbocycles. The topological polar surface area (TPSA) is 171 Å². The average Bonchev–Trinajstić information content (AvgIpc) is 2.74. The van der Waals surface area contributed by atoms with Gasteiger partial charge in [-0.2, -0.15) is 0 Å². The van der Waals surface area contributed by atoms with Crippen LogP contribution in [0.1, 0.15) is 77.6 Å². The zero-order valence-corrected chi connectivity index (χ0v) is 19.9. The molecule has 0 aliphatic heterocycles. The maximum Gasteiger partial charge on any atom is 0.242 e. The summed E-state index contributed by atoms with van der Waals surface area (Å²) in [5.41, 5.74) is 5.02. The zero-order valence-electron chi connectivity index (χ0n) is 19.9. The van der Waals surface area contributed by atoms with Crippen LogP contribution in [0.15, 0.2) is 0 Å². The second kappa shape index (κ2) is 11.2. The molecule has 0 saturated heterocycles. The van der Waals surface area contributed by atoms with E-state index in [2.05, 4.69) is 16.0 Å². The van der Waals surface area contributed by atoms with E-state index in [1.54, 1.807) is 0 Å². The molecule has 4 aliphatic carbocycles. The highest BCUT2D eigenvalue weighted by Gasteiger charge is 2.54. The SMILES string of the molecule is C[C@H](NC(=O)CCCCNC(=O)C12CC3CC(CC(C3)C1)C2)C(=O)N[C@@H](CCC(=O)[O-])C(N)=O. The molecule has 4 fully saturated rings. The van der Waals surface area contributed by atoms with Gasteiger partial charge in [0.15, 0.2) is 0 Å². The molecule has 0 aromatic carbocycles. The minimum Gasteiger partial charge on any atom is -0.550 e. The van der Waals surface area contributed by atoms with E-state index in [9.17, 15) is 29.1 Å². The van der Waals surface area contributed by atoms with Crippen molar-refractivity contribution in [1.29, 1.82) is 0 Å². The largest absolute Gasteiger partial charge is 0.550 e. The number of nitrogens with two attached hydrogens (primary N) is 1. The molecule has 4 rings (SSSR count). The van der Waals surface area contributed by atoms with E-state index in [0.29, 0.717) is 37.1 Å². The van der Waals surface area contributed by atoms with Gasteiger partial charge in [-0.15, -0.1) is 0 Å². The molecule has 0 radical (unpaired) electrons. The molecule has 0 spiro atoms. The third kappa shape index (κ3) is 6.70. The summed E-state index contributed by atoms with van der Waals surface area (Å²) in [6.45, 7) is 2.00. The van der Waals surface area contributed by atoms with Crippen LogP contribution in [-0.4, -0.2) is 48.2 Å². The Bertz CT molecular complexity index is 778. The van der Waals surface area contributed by atoms with Crippen LogP contribution in [0.3, 0.4) is 0 Å². The van der Waals surface area contributed by atoms with Gasteiger partial charge in [-0.3, -0.25) is 19.2 Å². The van der Waals surface area contributed by atoms with Gasteiger partial charge in [-0.1, -0.05) is 0 Å². The number of hydrogen-bond acceptors (Lipinski definition) is 6. The summed E-state index contributed by atoms with van der Waals surface area (Å²) in [6.07, 6.45) is 7.78. The first-order chi connectivity index (χ1) is 16.1. The lowest BCUT2D eigenvalue weighted by molar-refractivity contribution is -0.305. The molecule has 0 aromatic heterocycles. The number of hydrogen-bond donors (Lipinski definition) is 4. The fourth-order valence-electron chi connectivity index (χ4n) is 6.41. The number of carboxylic acid groups (broad SMARTS) is 1. The van der Waals surface area contributed by atoms with Gasteiger partial charge in [0.1, 0.15) is 12.1 Å². The van der Waals surface area contributed by atoms with Crippen molar-refractivity contribution in [3.8, 4) is 0 Å². The first-order valence-electron chi connectivity index (χ1n) is 12.4. The molecule has 2 atom stereocenters. The Morgan fingerprint density at radius 1 is 0.941 bits per heavy atom. The van der Waals surface area contributed by atoms with E-state index in [1.165, 1.54) is 26.2 Å². The number of carboxylic acids is 1. The van der Waals surface area contributed by atoms with Gasteiger partial charge in [0, 0.05) is 24.3 Å². The number of carbonyl (C=O) groups excluding carboxylic acids is 5. The number of carbonyl (C=O) groups is 5. The lowest BCUT2D eigenvalue weighted by Gasteiger charge is -2.55. The first kappa shape index (κ1) is 26.0. The molecule has 10 nitrogen and oxygen atoms in total. The first-order valence-corrected chi connectivity index (χ1v) is 12.4. The van der Waals surface area contributed by atoms with Crippen LogP contribution in [0.25, 0.3) is 0 Å². The summed E-state index contributed by atoms with van der Waals surface area (Å²) in [4.78, 5) is 59.3. The van der Waals surface area contributed by atoms with Crippen molar-refractivity contribution in [1.82, 2.24) is 16.0 Å². The lowest BCUT2D eigenvalue weighted by atomic mass is 9.49. The molecule has 5 N–H and O–H groups in total. The van der Waals surface area contributed by atoms with Gasteiger partial charge in [-0.05, 0) is 88.9 Å². The van der Waals surface area contributed by atoms with Crippen LogP contribution in [0.2, 0.25) is 0 Å². The van der Waals surface area contributed by atoms with Crippen LogP contribution >= 0.6 is 0 Å². The lowest BCUT2D eigenvalue weighted by Crippen LogP contribution is -2.53. The second-order valence-corrected chi connectivity index (χ2v) is 10.6. The highest BCUT2D eigenvalue weighted by atomic mass is 16.4. The molecule has 0 unspecified atom stereocenters. The Balaban J connectivity index is 1.31. The molecular formula is C24H37N4O6-. The van der Waals surface area contributed by atoms with Crippen molar-refractivity contribution in [2.45, 2.75) is 89.6 Å². The van der Waals surface area contributed by atoms with Crippen molar-refractivity contribution in [3.05, 3.63) is 0 Å². The molecule has 0 aromatic rings. The number of aliphatic carboxylic acids is 1. The Hall–Kier alpha value is -2.65. The van der Waals surface area contributed by atoms with Crippen LogP contribution in [0, 0.1) is 23.2 Å². The fourth-order valence-corrected chi connectivity index (χ4v) is 6.41. The quantitative estimate of drug-likeness (QED) is 0.260. The van der Waals surface area contributed by atoms with Crippen LogP contribution in [0.4, 0.5) is 0 Å². The monoisotopic (exact) mass is 477 g/mol. The predicted molar refractivity (Wildman–Crippen MR) is 120 cm³/mol. The van der Waals surface area contributed by atoms with Crippen LogP contribution in [-0.2, 0) is 24.0 Å². The van der Waals surface area contributed by atoms with E-state index in [1.807, 2.05) is 0 Å². The Morgan fingerprint density at radius 3 is 2.06 bits per heavy atom. The standard InChI is InChI=1S/C24H38N4O6/c1-14(22(33)28-18(21(25)32)5-6-20(30)31)27-19(29)4-2-3-7-26-23(34)24-11-15-8-16(12-24)10-17(9-15)13-24/h14-18H,2-13H2,1H3,(H2,25,32)(H,26,34)(H,27,29)(H,28,33)(H,30,31)/p-1/t14-,15?,16?,17?,18-,24?/m0/s1. The normalized spacial score (nSPS) is 28.6. The maximum absolute atomic E-state index is 12.9. The Kier molecular flexibility index (Phi) is 8.54. The molecular weight excluding hydrogens is 440 g/mol. The number of rotatable bonds is 13. The Morgan fingerprint density at radius 2 is 1.53 bits per heavy atom. The number of unbranched alkanes of at least 4 members (excludes halogenated alkanes) is 1. The second-order valence-electron chi connectivity index (χ2n) is 10.6. The minimum absolute atomic E-state index is 0.168. The van der Waals surface area contributed by atoms with Gasteiger partial charge >= 0.3 is 0 Å². The maximum atomic E-state index is 12.9. The minimum atomic E-state index is -1.35. The van der Waals surface area contributed by atoms with E-state index < -0.39 is 36.3 Å². The van der Waals surface area contributed by atoms with Crippen molar-refractivity contribution < 1.29 is 29.1 Å². The van der Waals surface area contributed by atoms with Gasteiger partial charge in [-0.25, -0.2) is 0 Å². The van der Waals surface area contributed by atoms with E-state index in [4.69, 9.17) is 5.73 Å². The van der Waals surface area contributed by atoms with E-state index >= 15 is 0 Å². The summed E-state index contributed by atoms with van der Waals surface area (Å²) in [5, 5.41) is 18.6. The number of primary amides is 1. The summed E-state index contributed by atoms with van der Waals surface area (Å²) < 4.78 is 0. The van der Waals surface area contributed by atoms with E-state index in [-0.39, 0.29) is 30.1 Å². The summed E-state index contributed by atoms with van der Waals surface area (Å²) in [6, 6.07) is -2.06. The zero-order chi connectivity index (χ0) is 24.9. The number of nitrogens with one attached hydrogen (secondary N) is 3. The van der Waals surface area contributed by atoms with Crippen LogP contribution < -0.4 is 26.8 Å². The summed E-state index contributed by atoms with van der Waals surface area (Å²) in [5.74, 6) is -0.825. The fraction of sp³-hybridized carbons (Fsp3) is 0.792. The summed E-state index contributed by atoms with van der Waals surface area (Å²) in [7, 11) is 0. The highest BCUT2D eigenvalue weighted by molar-refractivity contribution is 5.91. The smallest absolute Gasteiger partial charge is 0.242 e. The molecule has 34 heavy (non-hydrogen) atoms. The van der Waals surface area contributed by atoms with Crippen LogP contribution in [0.5, 0.6) is 0 Å². The molecule has 4 bridgehead atoms. The van der Waals surface area contributed by atoms with Crippen molar-refractivity contribution in [2.24, 2.45) is 28.9 Å². The summed E-state index contributed by atoms with van der Waals surface area (Å²) >= 11 is 0. The average molecular weight is 478 g/mol. The van der Waals surface area contributed by atoms with Gasteiger partial charge in [0.25, 0.3) is 0 Å². The Labute approximate surface area is 200 Å². The third-order valence-electron chi connectivity index (χ3n) is 7.70. The highest BCUT2D eigenvalue weighted by Crippen LogP contribution is 2.60. The van der Waals surface area contributed by atoms with Crippen molar-refractivity contribution in [2.75, 3.05) is 6.54 Å². The molecule has 4 aliphatic rings. The molecule has 4 amide bonds. The molecule has 10 heteroatoms. The van der Waals surface area contributed by atoms with Gasteiger partial charge in [0.2, 0.25) is 23.6 Å². The third-order valence-corrected chi connectivity index (χ3v) is 7.70. The number of amides is 4. The van der Waals surface area contributed by atoms with Gasteiger partial charge < -0.3 is 31.6 Å². The van der Waals surface area contributed by atoms with Crippen molar-refractivity contribution >= 4 is 29.6 Å². The van der Waals surface area contributed by atoms with Crippen molar-refractivity contribution in [3.63, 3.8) is 0 Å². The molecule has 0 heterocycles. The molecule has 190 valence electrons. The van der Waals surface area contributed by atoms with Gasteiger partial charge in [0.05, 0.1) is 0 Å². The predicted octanol–water partition coefficient (Wildman–Crippen LogP) is -0.506. The van der Waals surface area contributed by atoms with E-state index in [0.717, 1.165) is 19.3 Å².